The molecule has 0 aromatic carbocycles. The molecular formula is C10H14O3. The molecule has 5 atom stereocenters. The maximum atomic E-state index is 11.7. The van der Waals surface area contributed by atoms with Crippen molar-refractivity contribution in [1.29, 1.82) is 0 Å². The molecule has 72 valence electrons. The van der Waals surface area contributed by atoms with Gasteiger partial charge in [0.25, 0.3) is 0 Å². The highest BCUT2D eigenvalue weighted by atomic mass is 16.7. The Kier molecular flexibility index (Phi) is 1.31. The Labute approximate surface area is 77.4 Å². The number of carbonyl (C=O) groups excluding carboxylic acids is 1. The van der Waals surface area contributed by atoms with Crippen molar-refractivity contribution >= 4 is 5.78 Å². The Morgan fingerprint density at radius 2 is 2.31 bits per heavy atom. The lowest BCUT2D eigenvalue weighted by Crippen LogP contribution is -2.58. The van der Waals surface area contributed by atoms with Crippen LogP contribution in [0.1, 0.15) is 20.3 Å². The van der Waals surface area contributed by atoms with Gasteiger partial charge in [0.2, 0.25) is 0 Å². The van der Waals surface area contributed by atoms with Gasteiger partial charge in [-0.3, -0.25) is 4.79 Å². The predicted octanol–water partition coefficient (Wildman–Crippen LogP) is 0.973. The first kappa shape index (κ1) is 7.94. The summed E-state index contributed by atoms with van der Waals surface area (Å²) >= 11 is 0. The second-order valence-corrected chi connectivity index (χ2v) is 4.68. The van der Waals surface area contributed by atoms with E-state index in [1.165, 1.54) is 0 Å². The lowest BCUT2D eigenvalue weighted by molar-refractivity contribution is -0.320. The highest BCUT2D eigenvalue weighted by Gasteiger charge is 2.63. The molecule has 3 saturated heterocycles. The minimum atomic E-state index is -0.514. The second kappa shape index (κ2) is 2.15. The molecule has 0 spiro atoms. The fourth-order valence-corrected chi connectivity index (χ4v) is 3.10. The van der Waals surface area contributed by atoms with Crippen LogP contribution in [-0.2, 0) is 14.3 Å². The Balaban J connectivity index is 2.07. The van der Waals surface area contributed by atoms with E-state index in [2.05, 4.69) is 6.92 Å². The summed E-state index contributed by atoms with van der Waals surface area (Å²) in [6.07, 6.45) is 0.564. The summed E-state index contributed by atoms with van der Waals surface area (Å²) in [5.41, 5.74) is -0.514. The van der Waals surface area contributed by atoms with Crippen LogP contribution >= 0.6 is 0 Å². The Morgan fingerprint density at radius 3 is 3.00 bits per heavy atom. The summed E-state index contributed by atoms with van der Waals surface area (Å²) in [6.45, 7) is 4.77. The van der Waals surface area contributed by atoms with Crippen LogP contribution in [0.5, 0.6) is 0 Å². The third kappa shape index (κ3) is 0.754. The summed E-state index contributed by atoms with van der Waals surface area (Å²) in [4.78, 5) is 11.7. The van der Waals surface area contributed by atoms with Gasteiger partial charge in [0, 0.05) is 18.3 Å². The Morgan fingerprint density at radius 1 is 1.54 bits per heavy atom. The molecule has 3 heteroatoms. The van der Waals surface area contributed by atoms with Crippen molar-refractivity contribution in [2.24, 2.45) is 17.8 Å². The van der Waals surface area contributed by atoms with Gasteiger partial charge in [-0.15, -0.1) is 0 Å². The lowest BCUT2D eigenvalue weighted by Gasteiger charge is -2.49. The predicted molar refractivity (Wildman–Crippen MR) is 45.0 cm³/mol. The number of fused-ring (bicyclic) bond motifs is 1. The van der Waals surface area contributed by atoms with Crippen LogP contribution in [0.25, 0.3) is 0 Å². The smallest absolute Gasteiger partial charge is 0.165 e. The van der Waals surface area contributed by atoms with Gasteiger partial charge in [0.1, 0.15) is 5.60 Å². The van der Waals surface area contributed by atoms with E-state index in [0.717, 1.165) is 0 Å². The number of ether oxygens (including phenoxy) is 2. The summed E-state index contributed by atoms with van der Waals surface area (Å²) in [5.74, 6) is 1.48. The van der Waals surface area contributed by atoms with Crippen molar-refractivity contribution in [2.75, 3.05) is 6.61 Å². The average molecular weight is 182 g/mol. The Bertz CT molecular complexity index is 275. The van der Waals surface area contributed by atoms with Gasteiger partial charge in [-0.05, 0) is 12.8 Å². The Hall–Kier alpha value is -0.410. The molecule has 5 unspecified atom stereocenters. The number of Topliss-reactive ketones (excluding diaryl/α,β-unsaturated/α-hetero) is 1. The third-order valence-electron chi connectivity index (χ3n) is 4.10. The van der Waals surface area contributed by atoms with Gasteiger partial charge in [-0.2, -0.15) is 0 Å². The van der Waals surface area contributed by atoms with Gasteiger partial charge >= 0.3 is 0 Å². The third-order valence-corrected chi connectivity index (χ3v) is 4.10. The molecule has 4 aliphatic rings. The second-order valence-electron chi connectivity index (χ2n) is 4.68. The molecule has 0 amide bonds. The molecular weight excluding hydrogens is 168 g/mol. The van der Waals surface area contributed by atoms with Gasteiger partial charge in [0.05, 0.1) is 6.61 Å². The standard InChI is InChI=1S/C10H14O3/c1-5-6-3-8(11)10(2)7(6)4-12-9(5)13-10/h5-7,9H,3-4H2,1-2H3. The molecule has 3 aliphatic heterocycles. The zero-order valence-corrected chi connectivity index (χ0v) is 7.95. The number of ketones is 1. The molecule has 0 aromatic heterocycles. The summed E-state index contributed by atoms with van der Waals surface area (Å²) in [5, 5.41) is 0. The minimum Gasteiger partial charge on any atom is -0.352 e. The molecule has 13 heavy (non-hydrogen) atoms. The van der Waals surface area contributed by atoms with Crippen LogP contribution in [0.4, 0.5) is 0 Å². The minimum absolute atomic E-state index is 0.133. The molecule has 1 aliphatic carbocycles. The van der Waals surface area contributed by atoms with Crippen LogP contribution in [0.3, 0.4) is 0 Å². The van der Waals surface area contributed by atoms with Gasteiger partial charge in [-0.25, -0.2) is 0 Å². The molecule has 4 bridgehead atoms. The molecule has 0 radical (unpaired) electrons. The summed E-state index contributed by atoms with van der Waals surface area (Å²) < 4.78 is 11.2. The fourth-order valence-electron chi connectivity index (χ4n) is 3.10. The van der Waals surface area contributed by atoms with E-state index in [1.807, 2.05) is 6.92 Å². The van der Waals surface area contributed by atoms with Gasteiger partial charge < -0.3 is 9.47 Å². The first-order chi connectivity index (χ1) is 6.13. The largest absolute Gasteiger partial charge is 0.352 e. The zero-order valence-electron chi connectivity index (χ0n) is 7.95. The first-order valence-electron chi connectivity index (χ1n) is 4.95. The molecule has 4 fully saturated rings. The van der Waals surface area contributed by atoms with Gasteiger partial charge in [-0.1, -0.05) is 6.92 Å². The average Bonchev–Trinajstić information content (AvgIpc) is 2.32. The molecule has 0 aromatic rings. The van der Waals surface area contributed by atoms with E-state index in [4.69, 9.17) is 9.47 Å². The van der Waals surface area contributed by atoms with E-state index in [1.54, 1.807) is 0 Å². The lowest BCUT2D eigenvalue weighted by atomic mass is 9.76. The molecule has 1 saturated carbocycles. The van der Waals surface area contributed by atoms with Gasteiger partial charge in [0.15, 0.2) is 12.1 Å². The van der Waals surface area contributed by atoms with Crippen molar-refractivity contribution in [1.82, 2.24) is 0 Å². The summed E-state index contributed by atoms with van der Waals surface area (Å²) in [6, 6.07) is 0. The molecule has 0 N–H and O–H groups in total. The highest BCUT2D eigenvalue weighted by Crippen LogP contribution is 2.53. The van der Waals surface area contributed by atoms with Crippen LogP contribution in [-0.4, -0.2) is 24.3 Å². The van der Waals surface area contributed by atoms with E-state index in [9.17, 15) is 4.79 Å². The van der Waals surface area contributed by atoms with Crippen LogP contribution in [0, 0.1) is 17.8 Å². The van der Waals surface area contributed by atoms with E-state index < -0.39 is 5.60 Å². The first-order valence-corrected chi connectivity index (χ1v) is 4.95. The molecule has 4 rings (SSSR count). The molecule has 3 heterocycles. The number of hydrogen-bond acceptors (Lipinski definition) is 3. The van der Waals surface area contributed by atoms with E-state index >= 15 is 0 Å². The maximum absolute atomic E-state index is 11.7. The van der Waals surface area contributed by atoms with Crippen molar-refractivity contribution < 1.29 is 14.3 Å². The van der Waals surface area contributed by atoms with Crippen molar-refractivity contribution in [3.63, 3.8) is 0 Å². The van der Waals surface area contributed by atoms with Crippen molar-refractivity contribution in [2.45, 2.75) is 32.2 Å². The highest BCUT2D eigenvalue weighted by molar-refractivity contribution is 5.90. The van der Waals surface area contributed by atoms with Crippen LogP contribution in [0.15, 0.2) is 0 Å². The topological polar surface area (TPSA) is 35.5 Å². The quantitative estimate of drug-likeness (QED) is 0.560. The number of hydrogen-bond donors (Lipinski definition) is 0. The molecule has 3 nitrogen and oxygen atoms in total. The maximum Gasteiger partial charge on any atom is 0.165 e. The normalized spacial score (nSPS) is 58.8. The summed E-state index contributed by atoms with van der Waals surface area (Å²) in [7, 11) is 0. The zero-order chi connectivity index (χ0) is 9.22. The van der Waals surface area contributed by atoms with Crippen molar-refractivity contribution in [3.8, 4) is 0 Å². The fraction of sp³-hybridized carbons (Fsp3) is 0.900. The number of rotatable bonds is 0. The van der Waals surface area contributed by atoms with Crippen LogP contribution in [0.2, 0.25) is 0 Å². The number of carbonyl (C=O) groups is 1. The van der Waals surface area contributed by atoms with E-state index in [0.29, 0.717) is 30.8 Å². The SMILES string of the molecule is CC1C2OCC3C1CC(=O)C3(C)O2. The van der Waals surface area contributed by atoms with Crippen LogP contribution < -0.4 is 0 Å². The monoisotopic (exact) mass is 182 g/mol. The van der Waals surface area contributed by atoms with E-state index in [-0.39, 0.29) is 12.1 Å². The van der Waals surface area contributed by atoms with Crippen molar-refractivity contribution in [3.05, 3.63) is 0 Å².